The maximum absolute atomic E-state index is 4.33. The second-order valence-corrected chi connectivity index (χ2v) is 6.11. The number of aryl methyl sites for hydroxylation is 1. The predicted octanol–water partition coefficient (Wildman–Crippen LogP) is 2.53. The molecule has 0 saturated carbocycles. The molecule has 0 N–H and O–H groups in total. The predicted molar refractivity (Wildman–Crippen MR) is 88.7 cm³/mol. The number of imidazole rings is 1. The molecule has 1 aliphatic rings. The van der Waals surface area contributed by atoms with Gasteiger partial charge in [0.1, 0.15) is 0 Å². The summed E-state index contributed by atoms with van der Waals surface area (Å²) < 4.78 is 4.26. The van der Waals surface area contributed by atoms with Crippen LogP contribution in [0.1, 0.15) is 23.2 Å². The first-order valence-corrected chi connectivity index (χ1v) is 8.14. The molecule has 0 radical (unpaired) electrons. The van der Waals surface area contributed by atoms with Gasteiger partial charge in [-0.15, -0.1) is 0 Å². The van der Waals surface area contributed by atoms with Crippen molar-refractivity contribution in [1.29, 1.82) is 0 Å². The van der Waals surface area contributed by atoms with Gasteiger partial charge in [-0.25, -0.2) is 4.98 Å². The Morgan fingerprint density at radius 3 is 2.70 bits per heavy atom. The monoisotopic (exact) mass is 307 g/mol. The zero-order valence-corrected chi connectivity index (χ0v) is 13.2. The molecule has 5 heteroatoms. The van der Waals surface area contributed by atoms with Gasteiger partial charge in [-0.1, -0.05) is 24.3 Å². The van der Waals surface area contributed by atoms with Crippen molar-refractivity contribution in [2.45, 2.75) is 32.6 Å². The summed E-state index contributed by atoms with van der Waals surface area (Å²) >= 11 is 0. The lowest BCUT2D eigenvalue weighted by Crippen LogP contribution is -2.23. The van der Waals surface area contributed by atoms with Crippen molar-refractivity contribution in [2.24, 2.45) is 0 Å². The van der Waals surface area contributed by atoms with Crippen LogP contribution in [-0.4, -0.2) is 30.8 Å². The summed E-state index contributed by atoms with van der Waals surface area (Å²) in [7, 11) is 0. The van der Waals surface area contributed by atoms with E-state index in [-0.39, 0.29) is 0 Å². The molecule has 3 aromatic rings. The lowest BCUT2D eigenvalue weighted by Gasteiger charge is -2.21. The van der Waals surface area contributed by atoms with E-state index in [1.165, 1.54) is 23.2 Å². The molecule has 0 atom stereocenters. The Morgan fingerprint density at radius 2 is 1.87 bits per heavy atom. The van der Waals surface area contributed by atoms with Crippen molar-refractivity contribution in [3.05, 3.63) is 72.1 Å². The lowest BCUT2D eigenvalue weighted by molar-refractivity contribution is 0.260. The number of benzene rings is 1. The van der Waals surface area contributed by atoms with Gasteiger partial charge in [0, 0.05) is 44.8 Å². The smallest absolute Gasteiger partial charge is 0.0948 e. The van der Waals surface area contributed by atoms with Crippen LogP contribution in [-0.2, 0) is 26.2 Å². The number of aromatic nitrogens is 4. The Balaban J connectivity index is 1.52. The van der Waals surface area contributed by atoms with Crippen LogP contribution in [0.3, 0.4) is 0 Å². The molecule has 3 heterocycles. The average Bonchev–Trinajstić information content (AvgIpc) is 3.19. The molecule has 0 bridgehead atoms. The molecule has 5 nitrogen and oxygen atoms in total. The van der Waals surface area contributed by atoms with E-state index in [1.807, 2.05) is 35.7 Å². The SMILES string of the molecule is c1ccc(Cn2cccn2)c(CN2CCCn3cncc3C2)c1. The van der Waals surface area contributed by atoms with Crippen LogP contribution in [0.2, 0.25) is 0 Å². The van der Waals surface area contributed by atoms with E-state index in [1.54, 1.807) is 0 Å². The molecule has 0 unspecified atom stereocenters. The highest BCUT2D eigenvalue weighted by molar-refractivity contribution is 5.27. The largest absolute Gasteiger partial charge is 0.333 e. The Kier molecular flexibility index (Phi) is 3.94. The first kappa shape index (κ1) is 14.2. The van der Waals surface area contributed by atoms with E-state index in [2.05, 4.69) is 43.8 Å². The highest BCUT2D eigenvalue weighted by atomic mass is 15.3. The third-order valence-corrected chi connectivity index (χ3v) is 4.46. The van der Waals surface area contributed by atoms with E-state index < -0.39 is 0 Å². The fraction of sp³-hybridized carbons (Fsp3) is 0.333. The standard InChI is InChI=1S/C18H21N5/c1-2-6-17(13-23-10-3-7-20-23)16(5-1)12-21-8-4-9-22-15-19-11-18(22)14-21/h1-3,5-7,10-11,15H,4,8-9,12-14H2. The summed E-state index contributed by atoms with van der Waals surface area (Å²) in [6.45, 7) is 4.96. The quantitative estimate of drug-likeness (QED) is 0.743. The molecule has 118 valence electrons. The van der Waals surface area contributed by atoms with Crippen molar-refractivity contribution in [2.75, 3.05) is 6.54 Å². The summed E-state index contributed by atoms with van der Waals surface area (Å²) in [5, 5.41) is 4.33. The fourth-order valence-corrected chi connectivity index (χ4v) is 3.26. The third-order valence-electron chi connectivity index (χ3n) is 4.46. The zero-order valence-electron chi connectivity index (χ0n) is 13.2. The number of rotatable bonds is 4. The Morgan fingerprint density at radius 1 is 1.00 bits per heavy atom. The molecule has 1 aliphatic heterocycles. The van der Waals surface area contributed by atoms with Crippen molar-refractivity contribution < 1.29 is 0 Å². The van der Waals surface area contributed by atoms with Crippen LogP contribution in [0, 0.1) is 0 Å². The van der Waals surface area contributed by atoms with Gasteiger partial charge in [0.15, 0.2) is 0 Å². The maximum atomic E-state index is 4.33. The van der Waals surface area contributed by atoms with E-state index in [9.17, 15) is 0 Å². The first-order valence-electron chi connectivity index (χ1n) is 8.14. The van der Waals surface area contributed by atoms with Gasteiger partial charge in [-0.05, 0) is 23.6 Å². The van der Waals surface area contributed by atoms with Crippen LogP contribution in [0.15, 0.2) is 55.2 Å². The topological polar surface area (TPSA) is 38.9 Å². The van der Waals surface area contributed by atoms with Crippen LogP contribution >= 0.6 is 0 Å². The molecule has 0 amide bonds. The van der Waals surface area contributed by atoms with Gasteiger partial charge in [-0.2, -0.15) is 5.10 Å². The molecule has 23 heavy (non-hydrogen) atoms. The second-order valence-electron chi connectivity index (χ2n) is 6.11. The van der Waals surface area contributed by atoms with Crippen molar-refractivity contribution >= 4 is 0 Å². The first-order chi connectivity index (χ1) is 11.4. The van der Waals surface area contributed by atoms with Crippen LogP contribution in [0.25, 0.3) is 0 Å². The molecular formula is C18H21N5. The lowest BCUT2D eigenvalue weighted by atomic mass is 10.1. The molecule has 0 saturated heterocycles. The van der Waals surface area contributed by atoms with Crippen LogP contribution in [0.4, 0.5) is 0 Å². The van der Waals surface area contributed by atoms with Gasteiger partial charge in [0.05, 0.1) is 18.6 Å². The van der Waals surface area contributed by atoms with Gasteiger partial charge >= 0.3 is 0 Å². The van der Waals surface area contributed by atoms with Gasteiger partial charge in [0.2, 0.25) is 0 Å². The fourth-order valence-electron chi connectivity index (χ4n) is 3.26. The minimum atomic E-state index is 0.828. The van der Waals surface area contributed by atoms with Crippen molar-refractivity contribution in [1.82, 2.24) is 24.2 Å². The van der Waals surface area contributed by atoms with Gasteiger partial charge < -0.3 is 4.57 Å². The Bertz CT molecular complexity index is 759. The summed E-state index contributed by atoms with van der Waals surface area (Å²) in [5.74, 6) is 0. The Hall–Kier alpha value is -2.40. The summed E-state index contributed by atoms with van der Waals surface area (Å²) in [5.41, 5.74) is 4.04. The van der Waals surface area contributed by atoms with Gasteiger partial charge in [0.25, 0.3) is 0 Å². The van der Waals surface area contributed by atoms with Crippen molar-refractivity contribution in [3.63, 3.8) is 0 Å². The highest BCUT2D eigenvalue weighted by Gasteiger charge is 2.15. The Labute approximate surface area is 136 Å². The molecule has 0 aliphatic carbocycles. The van der Waals surface area contributed by atoms with Gasteiger partial charge in [-0.3, -0.25) is 9.58 Å². The normalized spacial score (nSPS) is 15.3. The van der Waals surface area contributed by atoms with E-state index >= 15 is 0 Å². The number of hydrogen-bond acceptors (Lipinski definition) is 3. The maximum Gasteiger partial charge on any atom is 0.0948 e. The average molecular weight is 307 g/mol. The molecule has 0 fully saturated rings. The molecule has 0 spiro atoms. The molecule has 1 aromatic carbocycles. The van der Waals surface area contributed by atoms with Crippen molar-refractivity contribution in [3.8, 4) is 0 Å². The van der Waals surface area contributed by atoms with Crippen LogP contribution < -0.4 is 0 Å². The number of nitrogens with zero attached hydrogens (tertiary/aromatic N) is 5. The molecular weight excluding hydrogens is 286 g/mol. The van der Waals surface area contributed by atoms with E-state index in [0.29, 0.717) is 0 Å². The highest BCUT2D eigenvalue weighted by Crippen LogP contribution is 2.18. The second kappa shape index (κ2) is 6.38. The number of fused-ring (bicyclic) bond motifs is 1. The van der Waals surface area contributed by atoms with E-state index in [4.69, 9.17) is 0 Å². The zero-order chi connectivity index (χ0) is 15.5. The van der Waals surface area contributed by atoms with Crippen LogP contribution in [0.5, 0.6) is 0 Å². The third kappa shape index (κ3) is 3.19. The minimum Gasteiger partial charge on any atom is -0.333 e. The summed E-state index contributed by atoms with van der Waals surface area (Å²) in [6.07, 6.45) is 8.96. The molecule has 2 aromatic heterocycles. The molecule has 4 rings (SSSR count). The summed E-state index contributed by atoms with van der Waals surface area (Å²) in [6, 6.07) is 10.7. The minimum absolute atomic E-state index is 0.828. The number of hydrogen-bond donors (Lipinski definition) is 0. The van der Waals surface area contributed by atoms with E-state index in [0.717, 1.165) is 32.7 Å². The summed E-state index contributed by atoms with van der Waals surface area (Å²) in [4.78, 5) is 6.80.